The van der Waals surface area contributed by atoms with Gasteiger partial charge in [0.1, 0.15) is 17.1 Å². The maximum absolute atomic E-state index is 12.9. The predicted molar refractivity (Wildman–Crippen MR) is 97.7 cm³/mol. The molecule has 3 nitrogen and oxygen atoms in total. The van der Waals surface area contributed by atoms with Crippen LogP contribution < -0.4 is 10.2 Å². The summed E-state index contributed by atoms with van der Waals surface area (Å²) in [6.07, 6.45) is 3.35. The SMILES string of the molecule is CCCCCOc1ccc2c(=O)c(-c3ccccc3)c(C)oc2c1. The highest BCUT2D eigenvalue weighted by molar-refractivity contribution is 5.83. The van der Waals surface area contributed by atoms with Crippen molar-refractivity contribution in [2.75, 3.05) is 6.61 Å². The van der Waals surface area contributed by atoms with Crippen molar-refractivity contribution in [2.45, 2.75) is 33.1 Å². The second kappa shape index (κ2) is 7.35. The first-order valence-electron chi connectivity index (χ1n) is 8.46. The van der Waals surface area contributed by atoms with Crippen LogP contribution in [0.25, 0.3) is 22.1 Å². The molecule has 0 spiro atoms. The molecule has 24 heavy (non-hydrogen) atoms. The molecule has 124 valence electrons. The summed E-state index contributed by atoms with van der Waals surface area (Å²) in [7, 11) is 0. The summed E-state index contributed by atoms with van der Waals surface area (Å²) in [6.45, 7) is 4.68. The maximum Gasteiger partial charge on any atom is 0.200 e. The summed E-state index contributed by atoms with van der Waals surface area (Å²) in [5, 5.41) is 0.584. The average Bonchev–Trinajstić information content (AvgIpc) is 2.59. The molecule has 0 amide bonds. The van der Waals surface area contributed by atoms with E-state index in [-0.39, 0.29) is 5.43 Å². The number of fused-ring (bicyclic) bond motifs is 1. The molecule has 0 aliphatic carbocycles. The predicted octanol–water partition coefficient (Wildman–Crippen LogP) is 5.34. The third-order valence-corrected chi connectivity index (χ3v) is 4.12. The molecule has 0 N–H and O–H groups in total. The Morgan fingerprint density at radius 2 is 1.83 bits per heavy atom. The summed E-state index contributed by atoms with van der Waals surface area (Å²) >= 11 is 0. The zero-order valence-electron chi connectivity index (χ0n) is 14.2. The van der Waals surface area contributed by atoms with Crippen molar-refractivity contribution in [3.8, 4) is 16.9 Å². The number of benzene rings is 2. The van der Waals surface area contributed by atoms with Crippen molar-refractivity contribution in [3.05, 3.63) is 64.5 Å². The van der Waals surface area contributed by atoms with Crippen molar-refractivity contribution in [1.82, 2.24) is 0 Å². The Kier molecular flexibility index (Phi) is 4.99. The number of hydrogen-bond acceptors (Lipinski definition) is 3. The fourth-order valence-corrected chi connectivity index (χ4v) is 2.86. The quantitative estimate of drug-likeness (QED) is 0.575. The van der Waals surface area contributed by atoms with Crippen LogP contribution in [0.4, 0.5) is 0 Å². The lowest BCUT2D eigenvalue weighted by Crippen LogP contribution is -2.07. The van der Waals surface area contributed by atoms with Crippen LogP contribution in [0.15, 0.2) is 57.7 Å². The van der Waals surface area contributed by atoms with Crippen LogP contribution >= 0.6 is 0 Å². The van der Waals surface area contributed by atoms with E-state index in [0.717, 1.165) is 30.6 Å². The van der Waals surface area contributed by atoms with Gasteiger partial charge in [-0.1, -0.05) is 50.1 Å². The van der Waals surface area contributed by atoms with E-state index in [1.54, 1.807) is 6.07 Å². The molecule has 0 unspecified atom stereocenters. The van der Waals surface area contributed by atoms with E-state index < -0.39 is 0 Å². The van der Waals surface area contributed by atoms with E-state index in [1.807, 2.05) is 49.4 Å². The molecule has 1 heterocycles. The molecule has 0 bridgehead atoms. The molecule has 1 aromatic heterocycles. The summed E-state index contributed by atoms with van der Waals surface area (Å²) < 4.78 is 11.7. The van der Waals surface area contributed by atoms with Gasteiger partial charge in [0.25, 0.3) is 0 Å². The van der Waals surface area contributed by atoms with Gasteiger partial charge in [-0.3, -0.25) is 4.79 Å². The third kappa shape index (κ3) is 3.35. The van der Waals surface area contributed by atoms with Gasteiger partial charge < -0.3 is 9.15 Å². The minimum atomic E-state index is -0.00233. The highest BCUT2D eigenvalue weighted by Crippen LogP contribution is 2.26. The molecule has 0 fully saturated rings. The van der Waals surface area contributed by atoms with Crippen molar-refractivity contribution < 1.29 is 9.15 Å². The first-order chi connectivity index (χ1) is 11.7. The maximum atomic E-state index is 12.9. The molecule has 0 aliphatic heterocycles. The molecule has 3 rings (SSSR count). The second-order valence-electron chi connectivity index (χ2n) is 5.94. The van der Waals surface area contributed by atoms with E-state index >= 15 is 0 Å². The number of aryl methyl sites for hydroxylation is 1. The van der Waals surface area contributed by atoms with Crippen LogP contribution in [0.3, 0.4) is 0 Å². The first-order valence-corrected chi connectivity index (χ1v) is 8.46. The Hall–Kier alpha value is -2.55. The van der Waals surface area contributed by atoms with E-state index in [1.165, 1.54) is 0 Å². The van der Waals surface area contributed by atoms with Crippen LogP contribution in [0, 0.1) is 6.92 Å². The molecule has 0 saturated carbocycles. The topological polar surface area (TPSA) is 39.4 Å². The van der Waals surface area contributed by atoms with Gasteiger partial charge in [-0.15, -0.1) is 0 Å². The van der Waals surface area contributed by atoms with Crippen molar-refractivity contribution in [1.29, 1.82) is 0 Å². The van der Waals surface area contributed by atoms with E-state index in [9.17, 15) is 4.79 Å². The lowest BCUT2D eigenvalue weighted by atomic mass is 10.0. The number of hydrogen-bond donors (Lipinski definition) is 0. The molecular formula is C21H22O3. The standard InChI is InChI=1S/C21H22O3/c1-3-4-8-13-23-17-11-12-18-19(14-17)24-15(2)20(21(18)22)16-9-6-5-7-10-16/h5-7,9-12,14H,3-4,8,13H2,1-2H3. The molecule has 0 atom stereocenters. The van der Waals surface area contributed by atoms with Gasteiger partial charge in [0.2, 0.25) is 5.43 Å². The van der Waals surface area contributed by atoms with Crippen molar-refractivity contribution in [3.63, 3.8) is 0 Å². The molecule has 3 heteroatoms. The Morgan fingerprint density at radius 1 is 1.04 bits per heavy atom. The Balaban J connectivity index is 1.97. The summed E-state index contributed by atoms with van der Waals surface area (Å²) in [6, 6.07) is 15.1. The van der Waals surface area contributed by atoms with Gasteiger partial charge in [0.05, 0.1) is 17.6 Å². The second-order valence-corrected chi connectivity index (χ2v) is 5.94. The van der Waals surface area contributed by atoms with Gasteiger partial charge in [-0.25, -0.2) is 0 Å². The van der Waals surface area contributed by atoms with Crippen LogP contribution in [0.5, 0.6) is 5.75 Å². The smallest absolute Gasteiger partial charge is 0.200 e. The van der Waals surface area contributed by atoms with Crippen LogP contribution in [-0.2, 0) is 0 Å². The van der Waals surface area contributed by atoms with Gasteiger partial charge in [-0.2, -0.15) is 0 Å². The minimum Gasteiger partial charge on any atom is -0.493 e. The van der Waals surface area contributed by atoms with Gasteiger partial charge in [0, 0.05) is 6.07 Å². The van der Waals surface area contributed by atoms with Crippen molar-refractivity contribution >= 4 is 11.0 Å². The number of rotatable bonds is 6. The monoisotopic (exact) mass is 322 g/mol. The lowest BCUT2D eigenvalue weighted by Gasteiger charge is -2.09. The summed E-state index contributed by atoms with van der Waals surface area (Å²) in [4.78, 5) is 12.9. The van der Waals surface area contributed by atoms with Crippen molar-refractivity contribution in [2.24, 2.45) is 0 Å². The summed E-state index contributed by atoms with van der Waals surface area (Å²) in [5.74, 6) is 1.37. The third-order valence-electron chi connectivity index (χ3n) is 4.12. The minimum absolute atomic E-state index is 0.00233. The Labute approximate surface area is 141 Å². The molecule has 2 aromatic carbocycles. The molecule has 0 aliphatic rings. The highest BCUT2D eigenvalue weighted by atomic mass is 16.5. The molecule has 0 saturated heterocycles. The normalized spacial score (nSPS) is 10.9. The molecular weight excluding hydrogens is 300 g/mol. The number of unbranched alkanes of at least 4 members (excludes halogenated alkanes) is 2. The Bertz CT molecular complexity index is 879. The first kappa shape index (κ1) is 16.3. The molecule has 0 radical (unpaired) electrons. The van der Waals surface area contributed by atoms with E-state index in [2.05, 4.69) is 6.92 Å². The van der Waals surface area contributed by atoms with Gasteiger partial charge >= 0.3 is 0 Å². The van der Waals surface area contributed by atoms with E-state index in [0.29, 0.717) is 28.9 Å². The summed E-state index contributed by atoms with van der Waals surface area (Å²) in [5.41, 5.74) is 2.08. The zero-order chi connectivity index (χ0) is 16.9. The van der Waals surface area contributed by atoms with Crippen LogP contribution in [0.2, 0.25) is 0 Å². The zero-order valence-corrected chi connectivity index (χ0v) is 14.2. The average molecular weight is 322 g/mol. The fraction of sp³-hybridized carbons (Fsp3) is 0.286. The van der Waals surface area contributed by atoms with Crippen LogP contribution in [-0.4, -0.2) is 6.61 Å². The molecule has 3 aromatic rings. The van der Waals surface area contributed by atoms with Gasteiger partial charge in [-0.05, 0) is 31.0 Å². The largest absolute Gasteiger partial charge is 0.493 e. The lowest BCUT2D eigenvalue weighted by molar-refractivity contribution is 0.306. The highest BCUT2D eigenvalue weighted by Gasteiger charge is 2.13. The Morgan fingerprint density at radius 3 is 2.58 bits per heavy atom. The van der Waals surface area contributed by atoms with E-state index in [4.69, 9.17) is 9.15 Å². The fourth-order valence-electron chi connectivity index (χ4n) is 2.86. The van der Waals surface area contributed by atoms with Crippen LogP contribution in [0.1, 0.15) is 31.9 Å². The van der Waals surface area contributed by atoms with Gasteiger partial charge in [0.15, 0.2) is 0 Å². The number of ether oxygens (including phenoxy) is 1.